The molecule has 2 rings (SSSR count). The quantitative estimate of drug-likeness (QED) is 0.608. The van der Waals surface area contributed by atoms with E-state index >= 15 is 0 Å². The van der Waals surface area contributed by atoms with E-state index in [1.165, 1.54) is 11.1 Å². The second kappa shape index (κ2) is 4.47. The molecule has 0 aliphatic carbocycles. The van der Waals surface area contributed by atoms with E-state index in [0.29, 0.717) is 6.42 Å². The van der Waals surface area contributed by atoms with Gasteiger partial charge in [-0.3, -0.25) is 9.69 Å². The van der Waals surface area contributed by atoms with E-state index in [2.05, 4.69) is 24.0 Å². The van der Waals surface area contributed by atoms with E-state index < -0.39 is 0 Å². The highest BCUT2D eigenvalue weighted by Crippen LogP contribution is 2.29. The Morgan fingerprint density at radius 1 is 1.38 bits per heavy atom. The van der Waals surface area contributed by atoms with Crippen molar-refractivity contribution in [2.24, 2.45) is 0 Å². The van der Waals surface area contributed by atoms with Crippen LogP contribution in [0.25, 0.3) is 0 Å². The molecule has 86 valence electrons. The molecule has 0 saturated heterocycles. The molecule has 0 saturated carbocycles. The van der Waals surface area contributed by atoms with Crippen LogP contribution in [0, 0.1) is 0 Å². The number of amides is 1. The number of nitrogens with one attached hydrogen (secondary N) is 1. The molecule has 0 fully saturated rings. The fraction of sp³-hybridized carbons (Fsp3) is 0.417. The Labute approximate surface area is 101 Å². The minimum absolute atomic E-state index is 0.0999. The lowest BCUT2D eigenvalue weighted by Crippen LogP contribution is -2.20. The standard InChI is InChI=1S/C12H16N2OS/c1-14(2)12(16)9-3-5-10-8(7-9)4-6-11(15)13-10/h3,5,7,12,16H,4,6H2,1-2H3,(H,13,15). The topological polar surface area (TPSA) is 32.3 Å². The van der Waals surface area contributed by atoms with Crippen LogP contribution in [0.4, 0.5) is 5.69 Å². The average Bonchev–Trinajstić information content (AvgIpc) is 2.27. The van der Waals surface area contributed by atoms with Crippen molar-refractivity contribution < 1.29 is 4.79 Å². The van der Waals surface area contributed by atoms with Crippen molar-refractivity contribution in [1.29, 1.82) is 0 Å². The third-order valence-electron chi connectivity index (χ3n) is 2.81. The van der Waals surface area contributed by atoms with Crippen LogP contribution < -0.4 is 5.32 Å². The Morgan fingerprint density at radius 2 is 2.12 bits per heavy atom. The zero-order valence-electron chi connectivity index (χ0n) is 9.53. The largest absolute Gasteiger partial charge is 0.326 e. The zero-order chi connectivity index (χ0) is 11.7. The van der Waals surface area contributed by atoms with E-state index in [1.54, 1.807) is 0 Å². The summed E-state index contributed by atoms with van der Waals surface area (Å²) in [7, 11) is 4.00. The van der Waals surface area contributed by atoms with Gasteiger partial charge in [0, 0.05) is 12.1 Å². The summed E-state index contributed by atoms with van der Waals surface area (Å²) in [6.07, 6.45) is 1.40. The van der Waals surface area contributed by atoms with Crippen LogP contribution in [-0.4, -0.2) is 24.9 Å². The third-order valence-corrected chi connectivity index (χ3v) is 3.57. The van der Waals surface area contributed by atoms with Crippen LogP contribution in [0.15, 0.2) is 18.2 Å². The second-order valence-electron chi connectivity index (χ2n) is 4.30. The first-order valence-corrected chi connectivity index (χ1v) is 5.87. The average molecular weight is 236 g/mol. The monoisotopic (exact) mass is 236 g/mol. The van der Waals surface area contributed by atoms with E-state index in [0.717, 1.165) is 12.1 Å². The molecule has 1 aromatic carbocycles. The summed E-state index contributed by atoms with van der Waals surface area (Å²) in [5.41, 5.74) is 3.32. The van der Waals surface area contributed by atoms with Crippen molar-refractivity contribution in [2.45, 2.75) is 18.2 Å². The molecule has 1 amide bonds. The van der Waals surface area contributed by atoms with Gasteiger partial charge in [0.05, 0.1) is 5.37 Å². The molecule has 1 aromatic rings. The minimum atomic E-state index is 0.0999. The number of rotatable bonds is 2. The number of hydrogen-bond acceptors (Lipinski definition) is 3. The van der Waals surface area contributed by atoms with Gasteiger partial charge < -0.3 is 5.32 Å². The molecule has 1 aliphatic heterocycles. The number of fused-ring (bicyclic) bond motifs is 1. The number of benzene rings is 1. The Bertz CT molecular complexity index is 417. The Balaban J connectivity index is 2.29. The summed E-state index contributed by atoms with van der Waals surface area (Å²) in [6, 6.07) is 6.11. The Morgan fingerprint density at radius 3 is 2.81 bits per heavy atom. The van der Waals surface area contributed by atoms with E-state index in [4.69, 9.17) is 0 Å². The number of hydrogen-bond donors (Lipinski definition) is 2. The zero-order valence-corrected chi connectivity index (χ0v) is 10.4. The van der Waals surface area contributed by atoms with Crippen molar-refractivity contribution in [1.82, 2.24) is 4.90 Å². The van der Waals surface area contributed by atoms with Gasteiger partial charge in [-0.25, -0.2) is 0 Å². The molecule has 1 aliphatic rings. The number of carbonyl (C=O) groups is 1. The highest BCUT2D eigenvalue weighted by molar-refractivity contribution is 7.80. The molecule has 0 spiro atoms. The van der Waals surface area contributed by atoms with E-state index in [9.17, 15) is 4.79 Å². The van der Waals surface area contributed by atoms with Gasteiger partial charge in [-0.05, 0) is 37.7 Å². The van der Waals surface area contributed by atoms with Crippen molar-refractivity contribution in [2.75, 3.05) is 19.4 Å². The molecule has 1 heterocycles. The van der Waals surface area contributed by atoms with Crippen molar-refractivity contribution in [3.8, 4) is 0 Å². The number of nitrogens with zero attached hydrogens (tertiary/aromatic N) is 1. The minimum Gasteiger partial charge on any atom is -0.326 e. The van der Waals surface area contributed by atoms with Gasteiger partial charge in [0.2, 0.25) is 5.91 Å². The number of carbonyl (C=O) groups excluding carboxylic acids is 1. The van der Waals surface area contributed by atoms with Gasteiger partial charge in [0.25, 0.3) is 0 Å². The summed E-state index contributed by atoms with van der Waals surface area (Å²) in [5, 5.41) is 2.98. The molecule has 0 radical (unpaired) electrons. The summed E-state index contributed by atoms with van der Waals surface area (Å²) >= 11 is 4.54. The maximum atomic E-state index is 11.2. The number of aryl methyl sites for hydroxylation is 1. The summed E-state index contributed by atoms with van der Waals surface area (Å²) in [4.78, 5) is 13.3. The van der Waals surface area contributed by atoms with E-state index in [-0.39, 0.29) is 11.3 Å². The summed E-state index contributed by atoms with van der Waals surface area (Å²) in [5.74, 6) is 0.107. The number of thiol groups is 1. The van der Waals surface area contributed by atoms with Gasteiger partial charge in [0.1, 0.15) is 0 Å². The molecule has 1 atom stereocenters. The van der Waals surface area contributed by atoms with Crippen LogP contribution in [0.3, 0.4) is 0 Å². The maximum Gasteiger partial charge on any atom is 0.224 e. The molecule has 0 aromatic heterocycles. The van der Waals surface area contributed by atoms with Crippen LogP contribution in [-0.2, 0) is 11.2 Å². The molecule has 4 heteroatoms. The third kappa shape index (κ3) is 2.23. The molecule has 0 bridgehead atoms. The first-order valence-electron chi connectivity index (χ1n) is 5.35. The lowest BCUT2D eigenvalue weighted by atomic mass is 10.0. The smallest absolute Gasteiger partial charge is 0.224 e. The highest BCUT2D eigenvalue weighted by Gasteiger charge is 2.17. The van der Waals surface area contributed by atoms with E-state index in [1.807, 2.05) is 31.1 Å². The Kier molecular flexibility index (Phi) is 3.21. The van der Waals surface area contributed by atoms with Gasteiger partial charge in [0.15, 0.2) is 0 Å². The Hall–Kier alpha value is -1.00. The van der Waals surface area contributed by atoms with Gasteiger partial charge in [-0.15, -0.1) is 0 Å². The first kappa shape index (κ1) is 11.5. The van der Waals surface area contributed by atoms with Crippen LogP contribution in [0.2, 0.25) is 0 Å². The second-order valence-corrected chi connectivity index (χ2v) is 4.79. The molecule has 3 nitrogen and oxygen atoms in total. The van der Waals surface area contributed by atoms with Gasteiger partial charge in [-0.1, -0.05) is 12.1 Å². The van der Waals surface area contributed by atoms with Crippen LogP contribution >= 0.6 is 12.6 Å². The fourth-order valence-electron chi connectivity index (χ4n) is 1.86. The molecule has 1 unspecified atom stereocenters. The van der Waals surface area contributed by atoms with Gasteiger partial charge in [-0.2, -0.15) is 12.6 Å². The summed E-state index contributed by atoms with van der Waals surface area (Å²) in [6.45, 7) is 0. The molecule has 16 heavy (non-hydrogen) atoms. The van der Waals surface area contributed by atoms with Crippen LogP contribution in [0.1, 0.15) is 22.9 Å². The fourth-order valence-corrected chi connectivity index (χ4v) is 2.02. The first-order chi connectivity index (χ1) is 7.58. The summed E-state index contributed by atoms with van der Waals surface area (Å²) < 4.78 is 0. The molecular formula is C12H16N2OS. The van der Waals surface area contributed by atoms with Crippen molar-refractivity contribution in [3.05, 3.63) is 29.3 Å². The lowest BCUT2D eigenvalue weighted by molar-refractivity contribution is -0.116. The molecule has 1 N–H and O–H groups in total. The maximum absolute atomic E-state index is 11.2. The highest BCUT2D eigenvalue weighted by atomic mass is 32.1. The number of anilines is 1. The normalized spacial score (nSPS) is 16.9. The van der Waals surface area contributed by atoms with Crippen molar-refractivity contribution in [3.63, 3.8) is 0 Å². The predicted octanol–water partition coefficient (Wildman–Crippen LogP) is 2.06. The SMILES string of the molecule is CN(C)C(S)c1ccc2c(c1)CCC(=O)N2. The van der Waals surface area contributed by atoms with Gasteiger partial charge >= 0.3 is 0 Å². The van der Waals surface area contributed by atoms with Crippen molar-refractivity contribution >= 4 is 24.2 Å². The predicted molar refractivity (Wildman–Crippen MR) is 68.8 cm³/mol. The van der Waals surface area contributed by atoms with Crippen LogP contribution in [0.5, 0.6) is 0 Å². The molecular weight excluding hydrogens is 220 g/mol. The lowest BCUT2D eigenvalue weighted by Gasteiger charge is -2.22.